The Morgan fingerprint density at radius 1 is 1.42 bits per heavy atom. The van der Waals surface area contributed by atoms with E-state index in [0.29, 0.717) is 6.42 Å². The van der Waals surface area contributed by atoms with E-state index in [1.807, 2.05) is 31.2 Å². The summed E-state index contributed by atoms with van der Waals surface area (Å²) in [5.41, 5.74) is 1.87. The quantitative estimate of drug-likeness (QED) is 0.631. The van der Waals surface area contributed by atoms with Gasteiger partial charge in [-0.2, -0.15) is 0 Å². The molecule has 102 valence electrons. The summed E-state index contributed by atoms with van der Waals surface area (Å²) in [6, 6.07) is 7.89. The molecule has 1 saturated carbocycles. The molecule has 2 nitrogen and oxygen atoms in total. The first-order chi connectivity index (χ1) is 8.58. The maximum Gasteiger partial charge on any atom is 2.00 e. The molecule has 0 saturated heterocycles. The fourth-order valence-corrected chi connectivity index (χ4v) is 2.80. The number of aliphatic hydroxyl groups is 1. The van der Waals surface area contributed by atoms with Crippen molar-refractivity contribution in [1.82, 2.24) is 0 Å². The fourth-order valence-electron chi connectivity index (χ4n) is 2.67. The van der Waals surface area contributed by atoms with Crippen LogP contribution in [0.3, 0.4) is 0 Å². The summed E-state index contributed by atoms with van der Waals surface area (Å²) in [6.45, 7) is 2.14. The monoisotopic (exact) mass is 291 g/mol. The molecule has 1 atom stereocenters. The van der Waals surface area contributed by atoms with Gasteiger partial charge in [-0.25, -0.2) is 0 Å². The van der Waals surface area contributed by atoms with Crippen molar-refractivity contribution in [3.05, 3.63) is 34.9 Å². The first-order valence-corrected chi connectivity index (χ1v) is 6.91. The van der Waals surface area contributed by atoms with Crippen molar-refractivity contribution in [1.29, 1.82) is 5.41 Å². The fraction of sp³-hybridized carbons (Fsp3) is 0.533. The summed E-state index contributed by atoms with van der Waals surface area (Å²) < 4.78 is 0. The van der Waals surface area contributed by atoms with Crippen LogP contribution in [0.2, 0.25) is 5.02 Å². The number of rotatable bonds is 5. The van der Waals surface area contributed by atoms with Crippen LogP contribution < -0.4 is 0 Å². The summed E-state index contributed by atoms with van der Waals surface area (Å²) in [5.74, 6) is 0.169. The van der Waals surface area contributed by atoms with E-state index in [4.69, 9.17) is 22.1 Å². The minimum Gasteiger partial charge on any atom is -1.00 e. The van der Waals surface area contributed by atoms with Crippen LogP contribution in [0.4, 0.5) is 0 Å². The van der Waals surface area contributed by atoms with E-state index in [-0.39, 0.29) is 43.8 Å². The van der Waals surface area contributed by atoms with Gasteiger partial charge >= 0.3 is 23.1 Å². The molecule has 4 heteroatoms. The minimum absolute atomic E-state index is 0. The van der Waals surface area contributed by atoms with Crippen LogP contribution in [0.15, 0.2) is 24.3 Å². The van der Waals surface area contributed by atoms with Gasteiger partial charge in [0.15, 0.2) is 0 Å². The van der Waals surface area contributed by atoms with Crippen molar-refractivity contribution in [3.63, 3.8) is 0 Å². The molecule has 0 bridgehead atoms. The van der Waals surface area contributed by atoms with Crippen molar-refractivity contribution in [2.75, 3.05) is 6.61 Å². The topological polar surface area (TPSA) is 44.1 Å². The Labute approximate surface area is 139 Å². The second-order valence-corrected chi connectivity index (χ2v) is 5.85. The Balaban J connectivity index is 0. The first-order valence-electron chi connectivity index (χ1n) is 6.53. The number of benzene rings is 1. The van der Waals surface area contributed by atoms with Gasteiger partial charge in [-0.15, -0.1) is 0 Å². The second-order valence-electron chi connectivity index (χ2n) is 5.41. The molecule has 1 aromatic rings. The van der Waals surface area contributed by atoms with E-state index in [9.17, 15) is 0 Å². The molecule has 1 aliphatic carbocycles. The number of hydrogen-bond donors (Lipinski definition) is 2. The third-order valence-corrected chi connectivity index (χ3v) is 4.30. The molecule has 1 fully saturated rings. The van der Waals surface area contributed by atoms with Crippen LogP contribution in [0.5, 0.6) is 0 Å². The largest absolute Gasteiger partial charge is 2.00 e. The summed E-state index contributed by atoms with van der Waals surface area (Å²) in [4.78, 5) is 0. The molecule has 0 unspecified atom stereocenters. The Kier molecular flexibility index (Phi) is 6.31. The predicted molar refractivity (Wildman–Crippen MR) is 83.6 cm³/mol. The summed E-state index contributed by atoms with van der Waals surface area (Å²) >= 11 is 5.92. The van der Waals surface area contributed by atoms with E-state index in [0.717, 1.165) is 23.6 Å². The SMILES string of the molecule is C[C@@H](CO)CC(=N)C1(c2ccc(Cl)cc2)CCC1.[H-].[H-].[Mg+2]. The zero-order valence-corrected chi connectivity index (χ0v) is 13.6. The van der Waals surface area contributed by atoms with Crippen LogP contribution in [0, 0.1) is 11.3 Å². The first kappa shape index (κ1) is 17.0. The zero-order valence-electron chi connectivity index (χ0n) is 13.5. The maximum absolute atomic E-state index is 9.13. The molecule has 0 heterocycles. The van der Waals surface area contributed by atoms with Gasteiger partial charge in [-0.05, 0) is 42.9 Å². The summed E-state index contributed by atoms with van der Waals surface area (Å²) in [7, 11) is 0. The molecular weight excluding hydrogens is 270 g/mol. The van der Waals surface area contributed by atoms with E-state index in [1.54, 1.807) is 0 Å². The third kappa shape index (κ3) is 3.51. The Morgan fingerprint density at radius 3 is 2.42 bits per heavy atom. The van der Waals surface area contributed by atoms with Crippen LogP contribution >= 0.6 is 11.6 Å². The van der Waals surface area contributed by atoms with Gasteiger partial charge in [0.1, 0.15) is 0 Å². The van der Waals surface area contributed by atoms with Crippen LogP contribution in [-0.2, 0) is 5.41 Å². The van der Waals surface area contributed by atoms with Gasteiger partial charge in [0.2, 0.25) is 0 Å². The molecule has 0 amide bonds. The van der Waals surface area contributed by atoms with E-state index >= 15 is 0 Å². The van der Waals surface area contributed by atoms with Gasteiger partial charge in [0, 0.05) is 22.8 Å². The molecular formula is C15H22ClMgNO. The van der Waals surface area contributed by atoms with Crippen LogP contribution in [0.1, 0.15) is 41.0 Å². The molecule has 0 radical (unpaired) electrons. The Hall–Kier alpha value is -0.0938. The minimum atomic E-state index is -0.0893. The normalized spacial score (nSPS) is 18.1. The zero-order chi connectivity index (χ0) is 13.2. The molecule has 0 aromatic heterocycles. The van der Waals surface area contributed by atoms with Crippen LogP contribution in [0.25, 0.3) is 0 Å². The van der Waals surface area contributed by atoms with Gasteiger partial charge in [0.05, 0.1) is 0 Å². The molecule has 2 N–H and O–H groups in total. The van der Waals surface area contributed by atoms with Crippen molar-refractivity contribution in [2.45, 2.75) is 38.0 Å². The number of hydrogen-bond acceptors (Lipinski definition) is 2. The standard InChI is InChI=1S/C15H20ClNO.Mg.2H/c1-11(10-18)9-14(17)15(7-2-8-15)12-3-5-13(16)6-4-12;;;/h3-6,11,17-18H,2,7-10H2,1H3;;;/q;+2;2*-1/t11-;;;/m1.../s1. The Morgan fingerprint density at radius 2 is 2.00 bits per heavy atom. The number of halogens is 1. The molecule has 2 rings (SSSR count). The van der Waals surface area contributed by atoms with Crippen molar-refractivity contribution >= 4 is 40.4 Å². The van der Waals surface area contributed by atoms with E-state index in [2.05, 4.69) is 0 Å². The van der Waals surface area contributed by atoms with Gasteiger partial charge in [-0.1, -0.05) is 37.1 Å². The van der Waals surface area contributed by atoms with Crippen molar-refractivity contribution in [2.24, 2.45) is 5.92 Å². The third-order valence-electron chi connectivity index (χ3n) is 4.05. The van der Waals surface area contributed by atoms with Crippen molar-refractivity contribution in [3.8, 4) is 0 Å². The van der Waals surface area contributed by atoms with Crippen LogP contribution in [-0.4, -0.2) is 40.5 Å². The van der Waals surface area contributed by atoms with Gasteiger partial charge in [0.25, 0.3) is 0 Å². The molecule has 19 heavy (non-hydrogen) atoms. The van der Waals surface area contributed by atoms with E-state index in [1.165, 1.54) is 12.0 Å². The number of nitrogens with one attached hydrogen (secondary N) is 1. The van der Waals surface area contributed by atoms with Crippen molar-refractivity contribution < 1.29 is 7.96 Å². The maximum atomic E-state index is 9.13. The average molecular weight is 292 g/mol. The molecule has 1 aliphatic rings. The van der Waals surface area contributed by atoms with Gasteiger partial charge in [-0.3, -0.25) is 0 Å². The molecule has 0 aliphatic heterocycles. The van der Waals surface area contributed by atoms with Gasteiger partial charge < -0.3 is 13.4 Å². The molecule has 0 spiro atoms. The Bertz CT molecular complexity index is 438. The van der Waals surface area contributed by atoms with E-state index < -0.39 is 0 Å². The average Bonchev–Trinajstić information content (AvgIpc) is 2.30. The summed E-state index contributed by atoms with van der Waals surface area (Å²) in [5, 5.41) is 18.2. The number of aliphatic hydroxyl groups excluding tert-OH is 1. The second kappa shape index (κ2) is 7.07. The summed E-state index contributed by atoms with van der Waals surface area (Å²) in [6.07, 6.45) is 3.95. The smallest absolute Gasteiger partial charge is 1.00 e. The molecule has 1 aromatic carbocycles. The predicted octanol–water partition coefficient (Wildman–Crippen LogP) is 3.64.